The maximum Gasteiger partial charge on any atom is 0.338 e. The van der Waals surface area contributed by atoms with Gasteiger partial charge in [0.25, 0.3) is 0 Å². The van der Waals surface area contributed by atoms with Crippen molar-refractivity contribution in [3.8, 4) is 5.75 Å². The van der Waals surface area contributed by atoms with Crippen molar-refractivity contribution in [1.29, 1.82) is 0 Å². The average Bonchev–Trinajstić information content (AvgIpc) is 2.52. The van der Waals surface area contributed by atoms with Crippen molar-refractivity contribution in [2.24, 2.45) is 5.14 Å². The van der Waals surface area contributed by atoms with Crippen LogP contribution >= 0.6 is 0 Å². The van der Waals surface area contributed by atoms with E-state index in [1.165, 1.54) is 18.2 Å². The Bertz CT molecular complexity index is 846. The van der Waals surface area contributed by atoms with E-state index in [4.69, 9.17) is 14.6 Å². The van der Waals surface area contributed by atoms with Crippen LogP contribution in [-0.2, 0) is 14.8 Å². The zero-order valence-electron chi connectivity index (χ0n) is 13.5. The van der Waals surface area contributed by atoms with Gasteiger partial charge in [0, 0.05) is 0 Å². The fraction of sp³-hybridized carbons (Fsp3) is 0.235. The standard InChI is InChI=1S/C17H19NO5S/c1-12-7-8-14(24(18,20)21)11-15(12)17(19)23-10-9-22-16-6-4-3-5-13(16)2/h3-8,11H,9-10H2,1-2H3,(H2,18,20,21). The molecule has 0 fully saturated rings. The molecule has 2 rings (SSSR count). The van der Waals surface area contributed by atoms with E-state index < -0.39 is 16.0 Å². The Hall–Kier alpha value is -2.38. The van der Waals surface area contributed by atoms with Crippen LogP contribution in [0.15, 0.2) is 47.4 Å². The third-order valence-electron chi connectivity index (χ3n) is 3.43. The number of carbonyl (C=O) groups excluding carboxylic acids is 1. The van der Waals surface area contributed by atoms with Crippen LogP contribution in [0.5, 0.6) is 5.75 Å². The molecule has 0 aliphatic rings. The number of hydrogen-bond donors (Lipinski definition) is 1. The summed E-state index contributed by atoms with van der Waals surface area (Å²) >= 11 is 0. The van der Waals surface area contributed by atoms with E-state index in [2.05, 4.69) is 0 Å². The molecule has 2 aromatic carbocycles. The number of esters is 1. The highest BCUT2D eigenvalue weighted by Crippen LogP contribution is 2.17. The molecule has 0 amide bonds. The molecule has 7 heteroatoms. The Morgan fingerprint density at radius 1 is 1.04 bits per heavy atom. The van der Waals surface area contributed by atoms with E-state index in [1.807, 2.05) is 31.2 Å². The molecular formula is C17H19NO5S. The van der Waals surface area contributed by atoms with Gasteiger partial charge in [-0.2, -0.15) is 0 Å². The Balaban J connectivity index is 1.97. The highest BCUT2D eigenvalue weighted by Gasteiger charge is 2.15. The van der Waals surface area contributed by atoms with Crippen molar-refractivity contribution in [3.05, 3.63) is 59.2 Å². The molecule has 24 heavy (non-hydrogen) atoms. The minimum atomic E-state index is -3.87. The lowest BCUT2D eigenvalue weighted by atomic mass is 10.1. The quantitative estimate of drug-likeness (QED) is 0.637. The second kappa shape index (κ2) is 7.46. The van der Waals surface area contributed by atoms with Gasteiger partial charge in [0.2, 0.25) is 10.0 Å². The number of para-hydroxylation sites is 1. The van der Waals surface area contributed by atoms with Crippen LogP contribution in [0.25, 0.3) is 0 Å². The number of aryl methyl sites for hydroxylation is 2. The summed E-state index contributed by atoms with van der Waals surface area (Å²) in [7, 11) is -3.87. The Morgan fingerprint density at radius 2 is 1.75 bits per heavy atom. The van der Waals surface area contributed by atoms with E-state index in [0.717, 1.165) is 11.3 Å². The van der Waals surface area contributed by atoms with Crippen LogP contribution in [0.3, 0.4) is 0 Å². The molecule has 128 valence electrons. The van der Waals surface area contributed by atoms with Gasteiger partial charge in [-0.1, -0.05) is 24.3 Å². The fourth-order valence-corrected chi connectivity index (χ4v) is 2.62. The van der Waals surface area contributed by atoms with E-state index in [1.54, 1.807) is 6.92 Å². The maximum absolute atomic E-state index is 12.1. The highest BCUT2D eigenvalue weighted by atomic mass is 32.2. The summed E-state index contributed by atoms with van der Waals surface area (Å²) in [5.74, 6) is 0.104. The molecule has 0 saturated heterocycles. The average molecular weight is 349 g/mol. The highest BCUT2D eigenvalue weighted by molar-refractivity contribution is 7.89. The third-order valence-corrected chi connectivity index (χ3v) is 4.34. The molecule has 2 aromatic rings. The number of primary sulfonamides is 1. The first kappa shape index (κ1) is 18.0. The minimum Gasteiger partial charge on any atom is -0.490 e. The van der Waals surface area contributed by atoms with Gasteiger partial charge in [-0.05, 0) is 43.2 Å². The van der Waals surface area contributed by atoms with E-state index >= 15 is 0 Å². The summed E-state index contributed by atoms with van der Waals surface area (Å²) in [6.07, 6.45) is 0. The molecule has 0 saturated carbocycles. The van der Waals surface area contributed by atoms with Gasteiger partial charge in [-0.25, -0.2) is 18.4 Å². The summed E-state index contributed by atoms with van der Waals surface area (Å²) in [6.45, 7) is 3.85. The Kier molecular flexibility index (Phi) is 5.58. The molecular weight excluding hydrogens is 330 g/mol. The van der Waals surface area contributed by atoms with Crippen molar-refractivity contribution in [3.63, 3.8) is 0 Å². The maximum atomic E-state index is 12.1. The zero-order valence-corrected chi connectivity index (χ0v) is 14.3. The van der Waals surface area contributed by atoms with Gasteiger partial charge < -0.3 is 9.47 Å². The molecule has 6 nitrogen and oxygen atoms in total. The summed E-state index contributed by atoms with van der Waals surface area (Å²) in [5.41, 5.74) is 1.75. The predicted octanol–water partition coefficient (Wildman–Crippen LogP) is 2.19. The molecule has 0 unspecified atom stereocenters. The largest absolute Gasteiger partial charge is 0.490 e. The van der Waals surface area contributed by atoms with Crippen LogP contribution < -0.4 is 9.88 Å². The van der Waals surface area contributed by atoms with Gasteiger partial charge in [0.15, 0.2) is 0 Å². The van der Waals surface area contributed by atoms with Gasteiger partial charge in [0.1, 0.15) is 19.0 Å². The van der Waals surface area contributed by atoms with Gasteiger partial charge in [-0.3, -0.25) is 0 Å². The zero-order chi connectivity index (χ0) is 17.7. The molecule has 0 heterocycles. The first-order chi connectivity index (χ1) is 11.3. The normalized spacial score (nSPS) is 11.1. The number of carbonyl (C=O) groups is 1. The Morgan fingerprint density at radius 3 is 2.42 bits per heavy atom. The monoisotopic (exact) mass is 349 g/mol. The van der Waals surface area contributed by atoms with Crippen molar-refractivity contribution < 1.29 is 22.7 Å². The molecule has 0 aliphatic heterocycles. The van der Waals surface area contributed by atoms with Crippen LogP contribution in [0.1, 0.15) is 21.5 Å². The number of hydrogen-bond acceptors (Lipinski definition) is 5. The van der Waals surface area contributed by atoms with Crippen molar-refractivity contribution in [2.45, 2.75) is 18.7 Å². The number of benzene rings is 2. The first-order valence-electron chi connectivity index (χ1n) is 7.28. The molecule has 0 bridgehead atoms. The third kappa shape index (κ3) is 4.56. The fourth-order valence-electron chi connectivity index (χ4n) is 2.08. The SMILES string of the molecule is Cc1ccccc1OCCOC(=O)c1cc(S(N)(=O)=O)ccc1C. The summed E-state index contributed by atoms with van der Waals surface area (Å²) in [4.78, 5) is 12.0. The van der Waals surface area contributed by atoms with Crippen LogP contribution in [0.4, 0.5) is 0 Å². The number of nitrogens with two attached hydrogens (primary N) is 1. The lowest BCUT2D eigenvalue weighted by molar-refractivity contribution is 0.0449. The minimum absolute atomic E-state index is 0.0478. The van der Waals surface area contributed by atoms with E-state index in [0.29, 0.717) is 5.56 Å². The molecule has 0 spiro atoms. The lowest BCUT2D eigenvalue weighted by Gasteiger charge is -2.11. The van der Waals surface area contributed by atoms with Crippen LogP contribution in [0.2, 0.25) is 0 Å². The topological polar surface area (TPSA) is 95.7 Å². The summed E-state index contributed by atoms with van der Waals surface area (Å²) in [6, 6.07) is 11.6. The number of sulfonamides is 1. The molecule has 0 aromatic heterocycles. The molecule has 0 atom stereocenters. The van der Waals surface area contributed by atoms with Crippen LogP contribution in [0, 0.1) is 13.8 Å². The first-order valence-corrected chi connectivity index (χ1v) is 8.82. The van der Waals surface area contributed by atoms with Crippen molar-refractivity contribution in [2.75, 3.05) is 13.2 Å². The second-order valence-electron chi connectivity index (χ2n) is 5.27. The molecule has 0 aliphatic carbocycles. The Labute approximate surface area is 141 Å². The van der Waals surface area contributed by atoms with Gasteiger partial charge in [-0.15, -0.1) is 0 Å². The smallest absolute Gasteiger partial charge is 0.338 e. The van der Waals surface area contributed by atoms with E-state index in [9.17, 15) is 13.2 Å². The van der Waals surface area contributed by atoms with E-state index in [-0.39, 0.29) is 23.7 Å². The van der Waals surface area contributed by atoms with Crippen LogP contribution in [-0.4, -0.2) is 27.6 Å². The number of rotatable bonds is 6. The van der Waals surface area contributed by atoms with Crippen molar-refractivity contribution in [1.82, 2.24) is 0 Å². The summed E-state index contributed by atoms with van der Waals surface area (Å²) in [5, 5.41) is 5.08. The second-order valence-corrected chi connectivity index (χ2v) is 6.83. The molecule has 0 radical (unpaired) electrons. The lowest BCUT2D eigenvalue weighted by Crippen LogP contribution is -2.16. The van der Waals surface area contributed by atoms with Gasteiger partial charge in [0.05, 0.1) is 10.5 Å². The van der Waals surface area contributed by atoms with Gasteiger partial charge >= 0.3 is 5.97 Å². The molecule has 2 N–H and O–H groups in total. The summed E-state index contributed by atoms with van der Waals surface area (Å²) < 4.78 is 33.4. The predicted molar refractivity (Wildman–Crippen MR) is 89.5 cm³/mol. The van der Waals surface area contributed by atoms with Crippen molar-refractivity contribution >= 4 is 16.0 Å². The number of ether oxygens (including phenoxy) is 2.